The molecule has 2 N–H and O–H groups in total. The molecule has 4 nitrogen and oxygen atoms in total. The number of nitrogens with two attached hydrogens (primary N) is 1. The van der Waals surface area contributed by atoms with Crippen LogP contribution in [0.25, 0.3) is 0 Å². The molecule has 0 saturated carbocycles. The van der Waals surface area contributed by atoms with Gasteiger partial charge in [-0.3, -0.25) is 10.1 Å². The number of hydrogen-bond donors (Lipinski definition) is 1. The van der Waals surface area contributed by atoms with Gasteiger partial charge in [0, 0.05) is 12.1 Å². The van der Waals surface area contributed by atoms with E-state index in [4.69, 9.17) is 17.3 Å². The van der Waals surface area contributed by atoms with E-state index in [1.807, 2.05) is 6.92 Å². The van der Waals surface area contributed by atoms with E-state index < -0.39 is 4.92 Å². The summed E-state index contributed by atoms with van der Waals surface area (Å²) in [7, 11) is 0. The van der Waals surface area contributed by atoms with Crippen LogP contribution in [0.2, 0.25) is 5.02 Å². The lowest BCUT2D eigenvalue weighted by Crippen LogP contribution is -2.15. The van der Waals surface area contributed by atoms with E-state index in [2.05, 4.69) is 0 Å². The number of nitro groups is 1. The maximum absolute atomic E-state index is 10.6. The molecule has 5 heteroatoms. The zero-order chi connectivity index (χ0) is 11.4. The molecule has 0 aliphatic carbocycles. The summed E-state index contributed by atoms with van der Waals surface area (Å²) in [5, 5.41) is 10.8. The molecule has 1 unspecified atom stereocenters. The van der Waals surface area contributed by atoms with Crippen molar-refractivity contribution in [3.63, 3.8) is 0 Å². The fourth-order valence-corrected chi connectivity index (χ4v) is 1.43. The number of rotatable bonds is 4. The van der Waals surface area contributed by atoms with Crippen LogP contribution in [0.1, 0.15) is 18.9 Å². The molecule has 0 fully saturated rings. The molecule has 0 saturated heterocycles. The van der Waals surface area contributed by atoms with E-state index in [1.54, 1.807) is 12.1 Å². The normalized spacial score (nSPS) is 12.5. The quantitative estimate of drug-likeness (QED) is 0.636. The van der Waals surface area contributed by atoms with Gasteiger partial charge in [0.2, 0.25) is 0 Å². The third kappa shape index (κ3) is 3.49. The first kappa shape index (κ1) is 11.9. The second-order valence-corrected chi connectivity index (χ2v) is 3.97. The minimum Gasteiger partial charge on any atom is -0.328 e. The van der Waals surface area contributed by atoms with Crippen molar-refractivity contribution in [2.24, 2.45) is 5.73 Å². The lowest BCUT2D eigenvalue weighted by atomic mass is 10.1. The Hall–Kier alpha value is -1.13. The first-order valence-electron chi connectivity index (χ1n) is 4.69. The first-order valence-corrected chi connectivity index (χ1v) is 5.07. The zero-order valence-corrected chi connectivity index (χ0v) is 9.20. The summed E-state index contributed by atoms with van der Waals surface area (Å²) >= 11 is 5.69. The van der Waals surface area contributed by atoms with E-state index in [-0.39, 0.29) is 16.8 Å². The molecule has 1 aromatic carbocycles. The highest BCUT2D eigenvalue weighted by Crippen LogP contribution is 2.25. The second-order valence-electron chi connectivity index (χ2n) is 3.56. The average molecular weight is 229 g/mol. The minimum absolute atomic E-state index is 0.0427. The molecule has 0 aliphatic heterocycles. The first-order chi connectivity index (χ1) is 7.00. The lowest BCUT2D eigenvalue weighted by molar-refractivity contribution is -0.384. The van der Waals surface area contributed by atoms with Crippen molar-refractivity contribution >= 4 is 17.3 Å². The number of hydrogen-bond acceptors (Lipinski definition) is 3. The van der Waals surface area contributed by atoms with Crippen molar-refractivity contribution in [2.45, 2.75) is 25.8 Å². The number of nitro benzene ring substituents is 1. The van der Waals surface area contributed by atoms with Gasteiger partial charge in [-0.2, -0.15) is 0 Å². The smallest absolute Gasteiger partial charge is 0.288 e. The van der Waals surface area contributed by atoms with Crippen LogP contribution in [-0.2, 0) is 6.42 Å². The topological polar surface area (TPSA) is 69.2 Å². The largest absolute Gasteiger partial charge is 0.328 e. The molecule has 1 atom stereocenters. The Kier molecular flexibility index (Phi) is 4.05. The summed E-state index contributed by atoms with van der Waals surface area (Å²) in [6, 6.07) is 4.94. The Morgan fingerprint density at radius 1 is 1.60 bits per heavy atom. The van der Waals surface area contributed by atoms with E-state index in [9.17, 15) is 10.1 Å². The molecule has 0 aromatic heterocycles. The van der Waals surface area contributed by atoms with Crippen molar-refractivity contribution in [3.8, 4) is 0 Å². The van der Waals surface area contributed by atoms with Gasteiger partial charge in [-0.25, -0.2) is 0 Å². The summed E-state index contributed by atoms with van der Waals surface area (Å²) in [5.74, 6) is 0. The van der Waals surface area contributed by atoms with Crippen LogP contribution in [0, 0.1) is 10.1 Å². The third-order valence-corrected chi connectivity index (χ3v) is 2.42. The predicted octanol–water partition coefficient (Wildman–Crippen LogP) is 2.53. The molecule has 82 valence electrons. The molecule has 0 heterocycles. The van der Waals surface area contributed by atoms with Crippen LogP contribution in [0.4, 0.5) is 5.69 Å². The summed E-state index contributed by atoms with van der Waals surface area (Å²) in [5.41, 5.74) is 6.46. The average Bonchev–Trinajstić information content (AvgIpc) is 2.16. The molecule has 1 rings (SSSR count). The Morgan fingerprint density at radius 2 is 2.27 bits per heavy atom. The summed E-state index contributed by atoms with van der Waals surface area (Å²) in [4.78, 5) is 10.1. The molecule has 0 aliphatic rings. The van der Waals surface area contributed by atoms with Crippen molar-refractivity contribution in [1.29, 1.82) is 0 Å². The molecular weight excluding hydrogens is 216 g/mol. The van der Waals surface area contributed by atoms with Gasteiger partial charge in [-0.05, 0) is 31.4 Å². The van der Waals surface area contributed by atoms with Gasteiger partial charge in [0.1, 0.15) is 5.02 Å². The van der Waals surface area contributed by atoms with Crippen molar-refractivity contribution in [3.05, 3.63) is 38.9 Å². The Labute approximate surface area is 93.2 Å². The Morgan fingerprint density at radius 3 is 2.80 bits per heavy atom. The minimum atomic E-state index is -0.474. The zero-order valence-electron chi connectivity index (χ0n) is 8.44. The van der Waals surface area contributed by atoms with Crippen molar-refractivity contribution < 1.29 is 4.92 Å². The summed E-state index contributed by atoms with van der Waals surface area (Å²) < 4.78 is 0. The van der Waals surface area contributed by atoms with E-state index >= 15 is 0 Å². The fourth-order valence-electron chi connectivity index (χ4n) is 1.25. The highest BCUT2D eigenvalue weighted by molar-refractivity contribution is 6.32. The van der Waals surface area contributed by atoms with Crippen molar-refractivity contribution in [2.75, 3.05) is 0 Å². The standard InChI is InChI=1S/C10H13ClN2O2/c1-7(12)2-3-8-4-5-9(11)10(6-8)13(14)15/h4-7H,2-3,12H2,1H3. The van der Waals surface area contributed by atoms with Gasteiger partial charge in [0.15, 0.2) is 0 Å². The van der Waals surface area contributed by atoms with Crippen LogP contribution in [0.3, 0.4) is 0 Å². The highest BCUT2D eigenvalue weighted by atomic mass is 35.5. The van der Waals surface area contributed by atoms with Gasteiger partial charge in [0.05, 0.1) is 4.92 Å². The molecular formula is C10H13ClN2O2. The number of halogens is 1. The van der Waals surface area contributed by atoms with Gasteiger partial charge < -0.3 is 5.73 Å². The van der Waals surface area contributed by atoms with Crippen LogP contribution in [0.15, 0.2) is 18.2 Å². The van der Waals surface area contributed by atoms with Crippen LogP contribution >= 0.6 is 11.6 Å². The van der Waals surface area contributed by atoms with Crippen LogP contribution in [-0.4, -0.2) is 11.0 Å². The number of aryl methyl sites for hydroxylation is 1. The highest BCUT2D eigenvalue weighted by Gasteiger charge is 2.12. The third-order valence-electron chi connectivity index (χ3n) is 2.10. The summed E-state index contributed by atoms with van der Waals surface area (Å²) in [6.07, 6.45) is 1.54. The van der Waals surface area contributed by atoms with Crippen molar-refractivity contribution in [1.82, 2.24) is 0 Å². The maximum Gasteiger partial charge on any atom is 0.288 e. The van der Waals surface area contributed by atoms with E-state index in [0.29, 0.717) is 0 Å². The van der Waals surface area contributed by atoms with Gasteiger partial charge in [-0.1, -0.05) is 17.7 Å². The monoisotopic (exact) mass is 228 g/mol. The summed E-state index contributed by atoms with van der Waals surface area (Å²) in [6.45, 7) is 1.91. The number of nitrogens with zero attached hydrogens (tertiary/aromatic N) is 1. The molecule has 0 amide bonds. The Balaban J connectivity index is 2.83. The molecule has 0 bridgehead atoms. The maximum atomic E-state index is 10.6. The van der Waals surface area contributed by atoms with E-state index in [0.717, 1.165) is 18.4 Å². The fraction of sp³-hybridized carbons (Fsp3) is 0.400. The molecule has 0 spiro atoms. The molecule has 15 heavy (non-hydrogen) atoms. The second kappa shape index (κ2) is 5.09. The molecule has 0 radical (unpaired) electrons. The van der Waals surface area contributed by atoms with Gasteiger partial charge >= 0.3 is 0 Å². The van der Waals surface area contributed by atoms with Crippen LogP contribution < -0.4 is 5.73 Å². The van der Waals surface area contributed by atoms with Crippen LogP contribution in [0.5, 0.6) is 0 Å². The number of benzene rings is 1. The van der Waals surface area contributed by atoms with Gasteiger partial charge in [-0.15, -0.1) is 0 Å². The Bertz CT molecular complexity index is 366. The molecule has 1 aromatic rings. The lowest BCUT2D eigenvalue weighted by Gasteiger charge is -2.05. The van der Waals surface area contributed by atoms with E-state index in [1.165, 1.54) is 6.07 Å². The predicted molar refractivity (Wildman–Crippen MR) is 60.1 cm³/mol. The SMILES string of the molecule is CC(N)CCc1ccc(Cl)c([N+](=O)[O-])c1. The van der Waals surface area contributed by atoms with Gasteiger partial charge in [0.25, 0.3) is 5.69 Å².